The van der Waals surface area contributed by atoms with E-state index in [0.717, 1.165) is 6.07 Å². The molecule has 0 radical (unpaired) electrons. The number of H-pyrrole nitrogens is 1. The van der Waals surface area contributed by atoms with Gasteiger partial charge in [0.15, 0.2) is 0 Å². The predicted octanol–water partition coefficient (Wildman–Crippen LogP) is 3.34. The van der Waals surface area contributed by atoms with Crippen molar-refractivity contribution in [2.75, 3.05) is 6.54 Å². The number of benzene rings is 2. The molecule has 3 aromatic rings. The maximum atomic E-state index is 14.0. The van der Waals surface area contributed by atoms with E-state index in [2.05, 4.69) is 9.97 Å². The van der Waals surface area contributed by atoms with Crippen LogP contribution in [0.4, 0.5) is 10.1 Å². The Labute approximate surface area is 174 Å². The van der Waals surface area contributed by atoms with Crippen LogP contribution in [0.1, 0.15) is 21.6 Å². The number of nitro benzene ring substituents is 1. The van der Waals surface area contributed by atoms with E-state index in [9.17, 15) is 24.1 Å². The molecule has 0 atom stereocenters. The van der Waals surface area contributed by atoms with Gasteiger partial charge in [-0.25, -0.2) is 9.37 Å². The first-order valence-electron chi connectivity index (χ1n) is 8.95. The van der Waals surface area contributed by atoms with Gasteiger partial charge in [-0.1, -0.05) is 23.7 Å². The van der Waals surface area contributed by atoms with Gasteiger partial charge in [-0.05, 0) is 24.3 Å². The summed E-state index contributed by atoms with van der Waals surface area (Å²) >= 11 is 5.80. The van der Waals surface area contributed by atoms with E-state index in [4.69, 9.17) is 11.6 Å². The van der Waals surface area contributed by atoms with Gasteiger partial charge in [-0.3, -0.25) is 19.7 Å². The zero-order valence-electron chi connectivity index (χ0n) is 15.4. The second-order valence-electron chi connectivity index (χ2n) is 6.72. The Morgan fingerprint density at radius 3 is 2.77 bits per heavy atom. The van der Waals surface area contributed by atoms with Gasteiger partial charge >= 0.3 is 0 Å². The predicted molar refractivity (Wildman–Crippen MR) is 107 cm³/mol. The molecule has 1 amide bonds. The molecular weight excluding hydrogens is 415 g/mol. The number of aromatic nitrogens is 2. The SMILES string of the molecule is O=C(c1ccc(Cl)c([N+](=O)[O-])c1)N1CCc2nc(-c3ccccc3F)[nH]c(=O)c2C1. The first kappa shape index (κ1) is 19.7. The minimum absolute atomic E-state index is 0.00945. The molecule has 0 unspecified atom stereocenters. The van der Waals surface area contributed by atoms with Crippen molar-refractivity contribution in [1.29, 1.82) is 0 Å². The third kappa shape index (κ3) is 3.55. The van der Waals surface area contributed by atoms with Crippen LogP contribution in [0.2, 0.25) is 5.02 Å². The molecular formula is C20H14ClFN4O4. The van der Waals surface area contributed by atoms with Gasteiger partial charge in [-0.15, -0.1) is 0 Å². The van der Waals surface area contributed by atoms with Crippen molar-refractivity contribution < 1.29 is 14.1 Å². The highest BCUT2D eigenvalue weighted by Crippen LogP contribution is 2.27. The lowest BCUT2D eigenvalue weighted by molar-refractivity contribution is -0.384. The molecule has 0 saturated heterocycles. The second kappa shape index (κ2) is 7.68. The molecule has 4 rings (SSSR count). The van der Waals surface area contributed by atoms with E-state index in [-0.39, 0.29) is 40.8 Å². The number of carbonyl (C=O) groups excluding carboxylic acids is 1. The van der Waals surface area contributed by atoms with E-state index < -0.39 is 22.2 Å². The summed E-state index contributed by atoms with van der Waals surface area (Å²) in [6.45, 7) is 0.250. The van der Waals surface area contributed by atoms with Crippen LogP contribution in [-0.2, 0) is 13.0 Å². The minimum atomic E-state index is -0.663. The number of halogens is 2. The molecule has 30 heavy (non-hydrogen) atoms. The Balaban J connectivity index is 1.64. The fourth-order valence-corrected chi connectivity index (χ4v) is 3.53. The standard InChI is InChI=1S/C20H14ClFN4O4/c21-14-6-5-11(9-17(14)26(29)30)20(28)25-8-7-16-13(10-25)19(27)24-18(23-16)12-3-1-2-4-15(12)22/h1-6,9H,7-8,10H2,(H,23,24,27). The van der Waals surface area contributed by atoms with Crippen LogP contribution in [0, 0.1) is 15.9 Å². The molecule has 0 spiro atoms. The molecule has 2 heterocycles. The van der Waals surface area contributed by atoms with Crippen molar-refractivity contribution in [2.45, 2.75) is 13.0 Å². The summed E-state index contributed by atoms with van der Waals surface area (Å²) in [6.07, 6.45) is 0.294. The van der Waals surface area contributed by atoms with Crippen molar-refractivity contribution in [3.05, 3.63) is 90.6 Å². The zero-order valence-corrected chi connectivity index (χ0v) is 16.1. The molecule has 152 valence electrons. The molecule has 8 nitrogen and oxygen atoms in total. The smallest absolute Gasteiger partial charge is 0.288 e. The molecule has 1 aliphatic heterocycles. The number of nitro groups is 1. The molecule has 0 aliphatic carbocycles. The number of amides is 1. The van der Waals surface area contributed by atoms with Crippen molar-refractivity contribution >= 4 is 23.2 Å². The number of hydrogen-bond donors (Lipinski definition) is 1. The molecule has 1 N–H and O–H groups in total. The van der Waals surface area contributed by atoms with Crippen LogP contribution in [0.5, 0.6) is 0 Å². The quantitative estimate of drug-likeness (QED) is 0.508. The zero-order chi connectivity index (χ0) is 21.4. The van der Waals surface area contributed by atoms with Gasteiger partial charge < -0.3 is 9.88 Å². The highest BCUT2D eigenvalue weighted by atomic mass is 35.5. The van der Waals surface area contributed by atoms with E-state index in [1.54, 1.807) is 12.1 Å². The summed E-state index contributed by atoms with van der Waals surface area (Å²) in [5.74, 6) is -0.833. The summed E-state index contributed by atoms with van der Waals surface area (Å²) in [5.41, 5.74) is 0.249. The lowest BCUT2D eigenvalue weighted by Gasteiger charge is -2.28. The van der Waals surface area contributed by atoms with Crippen LogP contribution in [0.3, 0.4) is 0 Å². The Bertz CT molecular complexity index is 1240. The van der Waals surface area contributed by atoms with Crippen molar-refractivity contribution in [1.82, 2.24) is 14.9 Å². The first-order valence-corrected chi connectivity index (χ1v) is 9.33. The summed E-state index contributed by atoms with van der Waals surface area (Å²) in [7, 11) is 0. The molecule has 1 aromatic heterocycles. The average Bonchev–Trinajstić information content (AvgIpc) is 2.73. The number of hydrogen-bond acceptors (Lipinski definition) is 5. The largest absolute Gasteiger partial charge is 0.334 e. The van der Waals surface area contributed by atoms with Crippen molar-refractivity contribution in [2.24, 2.45) is 0 Å². The summed E-state index contributed by atoms with van der Waals surface area (Å²) in [4.78, 5) is 44.2. The van der Waals surface area contributed by atoms with Crippen molar-refractivity contribution in [3.63, 3.8) is 0 Å². The number of nitrogens with zero attached hydrogens (tertiary/aromatic N) is 3. The lowest BCUT2D eigenvalue weighted by Crippen LogP contribution is -2.39. The van der Waals surface area contributed by atoms with Crippen LogP contribution >= 0.6 is 11.6 Å². The van der Waals surface area contributed by atoms with E-state index in [1.807, 2.05) is 0 Å². The number of rotatable bonds is 3. The average molecular weight is 429 g/mol. The summed E-state index contributed by atoms with van der Waals surface area (Å²) < 4.78 is 14.0. The monoisotopic (exact) mass is 428 g/mol. The minimum Gasteiger partial charge on any atom is -0.334 e. The molecule has 0 bridgehead atoms. The van der Waals surface area contributed by atoms with Gasteiger partial charge in [0.25, 0.3) is 17.2 Å². The van der Waals surface area contributed by atoms with Gasteiger partial charge in [0.2, 0.25) is 0 Å². The van der Waals surface area contributed by atoms with Crippen LogP contribution < -0.4 is 5.56 Å². The highest BCUT2D eigenvalue weighted by Gasteiger charge is 2.27. The first-order chi connectivity index (χ1) is 14.3. The number of aromatic amines is 1. The van der Waals surface area contributed by atoms with Crippen molar-refractivity contribution in [3.8, 4) is 11.4 Å². The number of carbonyl (C=O) groups is 1. The van der Waals surface area contributed by atoms with E-state index in [1.165, 1.54) is 29.2 Å². The van der Waals surface area contributed by atoms with Gasteiger partial charge in [0, 0.05) is 24.6 Å². The Morgan fingerprint density at radius 2 is 2.03 bits per heavy atom. The number of nitrogens with one attached hydrogen (secondary N) is 1. The Kier molecular flexibility index (Phi) is 5.04. The summed E-state index contributed by atoms with van der Waals surface area (Å²) in [6, 6.07) is 9.79. The third-order valence-corrected chi connectivity index (χ3v) is 5.19. The number of fused-ring (bicyclic) bond motifs is 1. The molecule has 0 saturated carbocycles. The molecule has 10 heteroatoms. The van der Waals surface area contributed by atoms with Gasteiger partial charge in [0.05, 0.1) is 28.3 Å². The normalized spacial score (nSPS) is 13.1. The fourth-order valence-electron chi connectivity index (χ4n) is 3.35. The van der Waals surface area contributed by atoms with Gasteiger partial charge in [-0.2, -0.15) is 0 Å². The summed E-state index contributed by atoms with van der Waals surface area (Å²) in [5, 5.41) is 11.0. The fraction of sp³-hybridized carbons (Fsp3) is 0.150. The topological polar surface area (TPSA) is 109 Å². The lowest BCUT2D eigenvalue weighted by atomic mass is 10.0. The second-order valence-corrected chi connectivity index (χ2v) is 7.13. The Hall–Kier alpha value is -3.59. The van der Waals surface area contributed by atoms with E-state index in [0.29, 0.717) is 17.7 Å². The molecule has 2 aromatic carbocycles. The Morgan fingerprint density at radius 1 is 1.27 bits per heavy atom. The van der Waals surface area contributed by atoms with Crippen LogP contribution in [0.25, 0.3) is 11.4 Å². The molecule has 1 aliphatic rings. The van der Waals surface area contributed by atoms with Crippen LogP contribution in [0.15, 0.2) is 47.3 Å². The van der Waals surface area contributed by atoms with Gasteiger partial charge in [0.1, 0.15) is 16.7 Å². The maximum absolute atomic E-state index is 14.0. The maximum Gasteiger partial charge on any atom is 0.288 e. The van der Waals surface area contributed by atoms with E-state index >= 15 is 0 Å². The van der Waals surface area contributed by atoms with Crippen LogP contribution in [-0.4, -0.2) is 32.2 Å². The molecule has 0 fully saturated rings. The third-order valence-electron chi connectivity index (χ3n) is 4.87. The highest BCUT2D eigenvalue weighted by molar-refractivity contribution is 6.32.